The van der Waals surface area contributed by atoms with E-state index in [0.29, 0.717) is 5.56 Å². The van der Waals surface area contributed by atoms with Crippen molar-refractivity contribution in [3.8, 4) is 0 Å². The van der Waals surface area contributed by atoms with Crippen LogP contribution in [0, 0.1) is 16.7 Å². The van der Waals surface area contributed by atoms with Crippen molar-refractivity contribution in [2.75, 3.05) is 5.75 Å². The van der Waals surface area contributed by atoms with Gasteiger partial charge in [0.1, 0.15) is 35.1 Å². The molecule has 0 aromatic heterocycles. The molecule has 1 amide bonds. The van der Waals surface area contributed by atoms with Gasteiger partial charge in [0.15, 0.2) is 11.9 Å². The largest absolute Gasteiger partial charge is 0.457 e. The van der Waals surface area contributed by atoms with Crippen LogP contribution in [0.15, 0.2) is 71.8 Å². The number of alkyl carbamates (subject to hydrolysis) is 1. The average Bonchev–Trinajstić information content (AvgIpc) is 3.14. The van der Waals surface area contributed by atoms with Crippen LogP contribution in [-0.2, 0) is 33.3 Å². The minimum absolute atomic E-state index is 0.000643. The molecule has 15 heteroatoms. The van der Waals surface area contributed by atoms with Crippen LogP contribution >= 0.6 is 11.8 Å². The van der Waals surface area contributed by atoms with Gasteiger partial charge in [-0.1, -0.05) is 62.4 Å². The molecule has 0 radical (unpaired) electrons. The molecule has 3 aliphatic carbocycles. The molecule has 6 rings (SSSR count). The number of Topliss-reactive ketones (excluding diaryl/α,β-unsaturated/α-hetero) is 1. The Hall–Kier alpha value is -4.28. The van der Waals surface area contributed by atoms with Gasteiger partial charge in [-0.25, -0.2) is 14.4 Å². The number of esters is 3. The van der Waals surface area contributed by atoms with E-state index in [1.807, 2.05) is 0 Å². The molecule has 5 N–H and O–H groups in total. The Morgan fingerprint density at radius 1 is 0.948 bits per heavy atom. The molecule has 2 aromatic rings. The number of thioether (sulfide) groups is 1. The lowest BCUT2D eigenvalue weighted by Crippen LogP contribution is -2.80. The van der Waals surface area contributed by atoms with Gasteiger partial charge in [-0.15, -0.1) is 0 Å². The Labute approximate surface area is 341 Å². The fourth-order valence-electron chi connectivity index (χ4n) is 9.56. The van der Waals surface area contributed by atoms with Gasteiger partial charge in [0.25, 0.3) is 0 Å². The minimum atomic E-state index is -2.31. The molecule has 2 unspecified atom stereocenters. The summed E-state index contributed by atoms with van der Waals surface area (Å²) < 4.78 is 23.9. The van der Waals surface area contributed by atoms with Crippen LogP contribution in [0.3, 0.4) is 0 Å². The van der Waals surface area contributed by atoms with Crippen molar-refractivity contribution in [1.82, 2.24) is 5.32 Å². The van der Waals surface area contributed by atoms with Crippen molar-refractivity contribution in [1.29, 1.82) is 0 Å². The number of hydrogen-bond donors (Lipinski definition) is 5. The number of fused-ring (bicyclic) bond motifs is 5. The molecule has 58 heavy (non-hydrogen) atoms. The molecule has 3 fully saturated rings. The molecular formula is C43H53NO13S. The van der Waals surface area contributed by atoms with E-state index in [4.69, 9.17) is 18.9 Å². The Morgan fingerprint density at radius 2 is 1.55 bits per heavy atom. The Bertz CT molecular complexity index is 1980. The Balaban J connectivity index is 1.49. The van der Waals surface area contributed by atoms with Crippen LogP contribution in [-0.4, -0.2) is 109 Å². The fraction of sp³-hybridized carbons (Fsp3) is 0.558. The number of aliphatic hydroxyl groups excluding tert-OH is 3. The Kier molecular flexibility index (Phi) is 11.5. The number of carbonyl (C=O) groups is 5. The summed E-state index contributed by atoms with van der Waals surface area (Å²) in [5.41, 5.74) is -7.71. The molecule has 314 valence electrons. The average molecular weight is 824 g/mol. The molecule has 4 aliphatic rings. The first-order valence-electron chi connectivity index (χ1n) is 19.3. The van der Waals surface area contributed by atoms with E-state index in [1.165, 1.54) is 44.7 Å². The molecule has 2 aromatic carbocycles. The number of ketones is 1. The summed E-state index contributed by atoms with van der Waals surface area (Å²) in [6, 6.07) is 14.8. The van der Waals surface area contributed by atoms with E-state index in [1.54, 1.807) is 83.1 Å². The van der Waals surface area contributed by atoms with E-state index in [9.17, 15) is 44.4 Å². The quantitative estimate of drug-likeness (QED) is 0.145. The van der Waals surface area contributed by atoms with Crippen LogP contribution in [0.1, 0.15) is 90.2 Å². The first kappa shape index (κ1) is 43.3. The smallest absolute Gasteiger partial charge is 0.408 e. The molecule has 1 saturated heterocycles. The lowest BCUT2D eigenvalue weighted by molar-refractivity contribution is -0.260. The van der Waals surface area contributed by atoms with E-state index in [-0.39, 0.29) is 28.9 Å². The highest BCUT2D eigenvalue weighted by molar-refractivity contribution is 8.01. The molecule has 2 bridgehead atoms. The van der Waals surface area contributed by atoms with Gasteiger partial charge < -0.3 is 44.7 Å². The second-order valence-corrected chi connectivity index (χ2v) is 18.8. The van der Waals surface area contributed by atoms with Crippen molar-refractivity contribution >= 4 is 41.5 Å². The van der Waals surface area contributed by atoms with Crippen molar-refractivity contribution < 1.29 is 63.3 Å². The number of nitrogens with one attached hydrogen (secondary N) is 1. The third-order valence-corrected chi connectivity index (χ3v) is 14.2. The van der Waals surface area contributed by atoms with Gasteiger partial charge in [0.2, 0.25) is 0 Å². The van der Waals surface area contributed by atoms with Gasteiger partial charge >= 0.3 is 24.0 Å². The van der Waals surface area contributed by atoms with Gasteiger partial charge in [0.05, 0.1) is 29.0 Å². The number of rotatable bonds is 8. The molecule has 11 atom stereocenters. The number of ether oxygens (including phenoxy) is 4. The fourth-order valence-corrected chi connectivity index (χ4v) is 11.0. The molecule has 0 spiro atoms. The monoisotopic (exact) mass is 823 g/mol. The van der Waals surface area contributed by atoms with E-state index in [2.05, 4.69) is 5.32 Å². The summed E-state index contributed by atoms with van der Waals surface area (Å²) >= 11 is 1.38. The minimum Gasteiger partial charge on any atom is -0.457 e. The number of hydrogen-bond acceptors (Lipinski definition) is 14. The third-order valence-electron chi connectivity index (χ3n) is 12.6. The summed E-state index contributed by atoms with van der Waals surface area (Å²) in [6.07, 6.45) is -10.0. The summed E-state index contributed by atoms with van der Waals surface area (Å²) in [6.45, 7) is 12.3. The SMILES string of the molecule is CC(=O)O[C@@]12CS[C@@H]1C[C@H](O)[C@@]1(C)C(=O)[C@H](O)C3=C(C)[C@@H](OC(=O)[C@H](O)[C@@H](NC(=O)OC(C)(C)C)c4ccccc4)C[C@@](O)(C(OC(=O)c4ccccc4)C12)C3(C)C. The number of carbonyl (C=O) groups excluding carboxylic acids is 5. The van der Waals surface area contributed by atoms with E-state index in [0.717, 1.165) is 0 Å². The normalized spacial score (nSPS) is 33.7. The number of benzene rings is 2. The number of amides is 1. The van der Waals surface area contributed by atoms with Crippen molar-refractivity contribution in [3.63, 3.8) is 0 Å². The standard InChI is InChI=1S/C43H53NO13S/c1-22-26(54-37(51)32(48)30(24-15-11-9-12-16-24)44-38(52)57-39(3,4)5)20-43(53)35(55-36(50)25-17-13-10-14-18-25)33-41(8,34(49)31(47)29(22)40(43,6)7)27(46)19-28-42(33,21-58-28)56-23(2)45/h9-18,26-28,30-33,35,46-48,53H,19-21H2,1-8H3,(H,44,52)/t26-,27-,28+,30-,31+,32+,33?,35?,41+,42-,43+/m0/s1. The molecule has 14 nitrogen and oxygen atoms in total. The van der Waals surface area contributed by atoms with Crippen LogP contribution < -0.4 is 5.32 Å². The highest BCUT2D eigenvalue weighted by atomic mass is 32.2. The molecule has 2 saturated carbocycles. The van der Waals surface area contributed by atoms with Gasteiger partial charge in [-0.3, -0.25) is 9.59 Å². The summed E-state index contributed by atoms with van der Waals surface area (Å²) in [4.78, 5) is 69.0. The first-order valence-corrected chi connectivity index (χ1v) is 20.4. The van der Waals surface area contributed by atoms with Crippen LogP contribution in [0.4, 0.5) is 4.79 Å². The second-order valence-electron chi connectivity index (χ2n) is 17.6. The zero-order valence-corrected chi connectivity index (χ0v) is 34.7. The zero-order valence-electron chi connectivity index (χ0n) is 33.9. The van der Waals surface area contributed by atoms with Gasteiger partial charge in [-0.05, 0) is 69.9 Å². The second kappa shape index (κ2) is 15.4. The highest BCUT2D eigenvalue weighted by Gasteiger charge is 2.77. The topological polar surface area (TPSA) is 215 Å². The van der Waals surface area contributed by atoms with E-state index < -0.39 is 112 Å². The van der Waals surface area contributed by atoms with Crippen molar-refractivity contribution in [3.05, 3.63) is 82.9 Å². The molecule has 1 aliphatic heterocycles. The maximum Gasteiger partial charge on any atom is 0.408 e. The maximum atomic E-state index is 15.0. The lowest BCUT2D eigenvalue weighted by atomic mass is 9.45. The Morgan fingerprint density at radius 3 is 2.10 bits per heavy atom. The van der Waals surface area contributed by atoms with E-state index >= 15 is 0 Å². The number of aliphatic hydroxyl groups is 4. The first-order chi connectivity index (χ1) is 27.0. The van der Waals surface area contributed by atoms with Gasteiger partial charge in [0, 0.05) is 29.8 Å². The summed E-state index contributed by atoms with van der Waals surface area (Å²) in [5, 5.41) is 51.1. The summed E-state index contributed by atoms with van der Waals surface area (Å²) in [5.74, 6) is -4.97. The van der Waals surface area contributed by atoms with Crippen LogP contribution in [0.2, 0.25) is 0 Å². The predicted molar refractivity (Wildman–Crippen MR) is 210 cm³/mol. The van der Waals surface area contributed by atoms with Crippen LogP contribution in [0.5, 0.6) is 0 Å². The van der Waals surface area contributed by atoms with Crippen molar-refractivity contribution in [2.45, 2.75) is 127 Å². The zero-order chi connectivity index (χ0) is 42.7. The lowest BCUT2D eigenvalue weighted by Gasteiger charge is -2.67. The molecular weight excluding hydrogens is 771 g/mol. The highest BCUT2D eigenvalue weighted by Crippen LogP contribution is 2.66. The van der Waals surface area contributed by atoms with Crippen molar-refractivity contribution in [2.24, 2.45) is 16.7 Å². The third kappa shape index (κ3) is 7.22. The van der Waals surface area contributed by atoms with Gasteiger partial charge in [-0.2, -0.15) is 11.8 Å². The predicted octanol–water partition coefficient (Wildman–Crippen LogP) is 3.98. The maximum absolute atomic E-state index is 15.0. The van der Waals surface area contributed by atoms with Crippen LogP contribution in [0.25, 0.3) is 0 Å². The molecule has 1 heterocycles. The summed E-state index contributed by atoms with van der Waals surface area (Å²) in [7, 11) is 0.